The topological polar surface area (TPSA) is 64.1 Å². The van der Waals surface area contributed by atoms with Crippen molar-refractivity contribution in [2.45, 2.75) is 44.4 Å². The Morgan fingerprint density at radius 3 is 2.76 bits per heavy atom. The highest BCUT2D eigenvalue weighted by molar-refractivity contribution is 6.30. The van der Waals surface area contributed by atoms with Crippen molar-refractivity contribution in [1.29, 1.82) is 0 Å². The lowest BCUT2D eigenvalue weighted by atomic mass is 9.95. The fraction of sp³-hybridized carbons (Fsp3) is 0.636. The van der Waals surface area contributed by atoms with Crippen LogP contribution in [0.4, 0.5) is 0 Å². The van der Waals surface area contributed by atoms with Crippen molar-refractivity contribution < 1.29 is 4.74 Å². The van der Waals surface area contributed by atoms with Gasteiger partial charge in [-0.25, -0.2) is 4.79 Å². The van der Waals surface area contributed by atoms with Crippen LogP contribution in [0.3, 0.4) is 0 Å². The van der Waals surface area contributed by atoms with Crippen LogP contribution in [0.5, 0.6) is 0 Å². The van der Waals surface area contributed by atoms with Gasteiger partial charge in [-0.3, -0.25) is 14.3 Å². The van der Waals surface area contributed by atoms with Gasteiger partial charge in [-0.2, -0.15) is 0 Å². The van der Waals surface area contributed by atoms with E-state index in [0.29, 0.717) is 5.56 Å². The van der Waals surface area contributed by atoms with Crippen molar-refractivity contribution in [3.05, 3.63) is 31.6 Å². The van der Waals surface area contributed by atoms with Crippen LogP contribution < -0.4 is 11.2 Å². The van der Waals surface area contributed by atoms with E-state index in [9.17, 15) is 9.59 Å². The zero-order chi connectivity index (χ0) is 12.2. The van der Waals surface area contributed by atoms with Crippen LogP contribution in [0.15, 0.2) is 9.59 Å². The van der Waals surface area contributed by atoms with E-state index in [4.69, 9.17) is 16.3 Å². The molecule has 0 spiro atoms. The average Bonchev–Trinajstić information content (AvgIpc) is 2.88. The molecule has 2 saturated heterocycles. The molecule has 2 bridgehead atoms. The number of fused-ring (bicyclic) bond motifs is 2. The molecule has 3 unspecified atom stereocenters. The second kappa shape index (κ2) is 3.71. The van der Waals surface area contributed by atoms with Gasteiger partial charge < -0.3 is 4.74 Å². The molecule has 2 fully saturated rings. The Morgan fingerprint density at radius 2 is 2.18 bits per heavy atom. The highest BCUT2D eigenvalue weighted by Crippen LogP contribution is 2.40. The maximum atomic E-state index is 12.1. The molecular formula is C11H13ClN2O3. The van der Waals surface area contributed by atoms with E-state index in [1.165, 1.54) is 4.57 Å². The largest absolute Gasteiger partial charge is 0.373 e. The maximum Gasteiger partial charge on any atom is 0.329 e. The summed E-state index contributed by atoms with van der Waals surface area (Å²) in [6.07, 6.45) is 2.89. The average molecular weight is 257 g/mol. The lowest BCUT2D eigenvalue weighted by Gasteiger charge is -2.20. The summed E-state index contributed by atoms with van der Waals surface area (Å²) in [5.74, 6) is 0. The lowest BCUT2D eigenvalue weighted by molar-refractivity contribution is 0.0927. The van der Waals surface area contributed by atoms with Crippen LogP contribution in [-0.4, -0.2) is 21.8 Å². The molecule has 1 aromatic rings. The number of aromatic amines is 1. The summed E-state index contributed by atoms with van der Waals surface area (Å²) in [5.41, 5.74) is -0.360. The van der Waals surface area contributed by atoms with Crippen molar-refractivity contribution in [3.8, 4) is 0 Å². The van der Waals surface area contributed by atoms with Gasteiger partial charge in [0.05, 0.1) is 18.2 Å². The predicted octanol–water partition coefficient (Wildman–Crippen LogP) is 0.991. The molecule has 3 rings (SSSR count). The third kappa shape index (κ3) is 1.57. The molecule has 2 aliphatic rings. The first kappa shape index (κ1) is 11.0. The summed E-state index contributed by atoms with van der Waals surface area (Å²) in [7, 11) is 0. The first-order valence-electron chi connectivity index (χ1n) is 5.74. The highest BCUT2D eigenvalue weighted by Gasteiger charge is 2.43. The van der Waals surface area contributed by atoms with Crippen molar-refractivity contribution in [3.63, 3.8) is 0 Å². The van der Waals surface area contributed by atoms with Crippen LogP contribution in [0, 0.1) is 6.92 Å². The zero-order valence-corrected chi connectivity index (χ0v) is 10.2. The highest BCUT2D eigenvalue weighted by atomic mass is 35.5. The quantitative estimate of drug-likeness (QED) is 0.762. The van der Waals surface area contributed by atoms with Gasteiger partial charge in [0.15, 0.2) is 0 Å². The molecule has 5 nitrogen and oxygen atoms in total. The summed E-state index contributed by atoms with van der Waals surface area (Å²) < 4.78 is 6.94. The van der Waals surface area contributed by atoms with E-state index in [1.807, 2.05) is 0 Å². The first-order chi connectivity index (χ1) is 8.08. The van der Waals surface area contributed by atoms with Crippen molar-refractivity contribution in [2.75, 3.05) is 0 Å². The van der Waals surface area contributed by atoms with Gasteiger partial charge in [-0.15, -0.1) is 0 Å². The fourth-order valence-corrected chi connectivity index (χ4v) is 2.96. The molecule has 17 heavy (non-hydrogen) atoms. The lowest BCUT2D eigenvalue weighted by Crippen LogP contribution is -2.42. The van der Waals surface area contributed by atoms with E-state index in [0.717, 1.165) is 19.3 Å². The summed E-state index contributed by atoms with van der Waals surface area (Å²) in [4.78, 5) is 26.4. The third-order valence-corrected chi connectivity index (χ3v) is 4.09. The van der Waals surface area contributed by atoms with Gasteiger partial charge in [0, 0.05) is 5.56 Å². The van der Waals surface area contributed by atoms with E-state index >= 15 is 0 Å². The summed E-state index contributed by atoms with van der Waals surface area (Å²) in [6.45, 7) is 1.62. The number of hydrogen-bond donors (Lipinski definition) is 1. The number of H-pyrrole nitrogens is 1. The Hall–Kier alpha value is -1.07. The minimum atomic E-state index is -0.438. The minimum absolute atomic E-state index is 0.000578. The minimum Gasteiger partial charge on any atom is -0.373 e. The molecule has 0 saturated carbocycles. The number of halogens is 1. The smallest absolute Gasteiger partial charge is 0.329 e. The maximum absolute atomic E-state index is 12.1. The zero-order valence-electron chi connectivity index (χ0n) is 9.40. The van der Waals surface area contributed by atoms with E-state index < -0.39 is 5.69 Å². The predicted molar refractivity (Wildman–Crippen MR) is 62.6 cm³/mol. The number of aromatic nitrogens is 2. The van der Waals surface area contributed by atoms with Gasteiger partial charge in [-0.05, 0) is 26.2 Å². The van der Waals surface area contributed by atoms with E-state index in [1.54, 1.807) is 6.92 Å². The Balaban J connectivity index is 2.13. The second-order valence-electron chi connectivity index (χ2n) is 4.72. The Morgan fingerprint density at radius 1 is 1.41 bits per heavy atom. The Kier molecular flexibility index (Phi) is 2.41. The molecule has 6 heteroatoms. The van der Waals surface area contributed by atoms with Crippen molar-refractivity contribution in [1.82, 2.24) is 9.55 Å². The molecule has 0 amide bonds. The number of nitrogens with one attached hydrogen (secondary N) is 1. The van der Waals surface area contributed by atoms with Gasteiger partial charge in [0.2, 0.25) is 0 Å². The van der Waals surface area contributed by atoms with Crippen molar-refractivity contribution >= 4 is 11.6 Å². The third-order valence-electron chi connectivity index (χ3n) is 3.71. The van der Waals surface area contributed by atoms with Gasteiger partial charge in [-0.1, -0.05) is 11.6 Å². The van der Waals surface area contributed by atoms with Crippen LogP contribution >= 0.6 is 11.6 Å². The molecule has 2 aliphatic heterocycles. The van der Waals surface area contributed by atoms with Gasteiger partial charge in [0.1, 0.15) is 5.15 Å². The number of rotatable bonds is 1. The molecule has 1 aromatic heterocycles. The molecule has 0 radical (unpaired) electrons. The Bertz CT molecular complexity index is 577. The van der Waals surface area contributed by atoms with Crippen LogP contribution in [0.1, 0.15) is 30.9 Å². The van der Waals surface area contributed by atoms with E-state index in [2.05, 4.69) is 4.98 Å². The van der Waals surface area contributed by atoms with Crippen LogP contribution in [-0.2, 0) is 4.74 Å². The van der Waals surface area contributed by atoms with Gasteiger partial charge in [0.25, 0.3) is 5.56 Å². The van der Waals surface area contributed by atoms with Gasteiger partial charge >= 0.3 is 5.69 Å². The summed E-state index contributed by atoms with van der Waals surface area (Å²) in [5, 5.41) is 0.125. The van der Waals surface area contributed by atoms with Crippen LogP contribution in [0.25, 0.3) is 0 Å². The van der Waals surface area contributed by atoms with Crippen molar-refractivity contribution in [2.24, 2.45) is 0 Å². The summed E-state index contributed by atoms with van der Waals surface area (Å²) in [6, 6.07) is -0.138. The second-order valence-corrected chi connectivity index (χ2v) is 5.10. The molecule has 1 N–H and O–H groups in total. The normalized spacial score (nSPS) is 31.1. The number of nitrogens with zero attached hydrogens (tertiary/aromatic N) is 1. The molecule has 3 atom stereocenters. The Labute approximate surface area is 102 Å². The molecular weight excluding hydrogens is 244 g/mol. The van der Waals surface area contributed by atoms with Crippen LogP contribution in [0.2, 0.25) is 5.15 Å². The number of ether oxygens (including phenoxy) is 1. The summed E-state index contributed by atoms with van der Waals surface area (Å²) >= 11 is 5.78. The molecule has 0 aliphatic carbocycles. The monoisotopic (exact) mass is 256 g/mol. The first-order valence-corrected chi connectivity index (χ1v) is 6.12. The molecule has 0 aromatic carbocycles. The molecule has 3 heterocycles. The SMILES string of the molecule is Cc1c(Cl)[nH]c(=O)n(C2CC3CCC2O3)c1=O. The number of hydrogen-bond acceptors (Lipinski definition) is 3. The molecule has 92 valence electrons. The standard InChI is InChI=1S/C11H13ClN2O3/c1-5-9(12)13-11(16)14(10(5)15)7-4-6-2-3-8(7)17-6/h6-8H,2-4H2,1H3,(H,13,16). The van der Waals surface area contributed by atoms with E-state index in [-0.39, 0.29) is 29.0 Å². The fourth-order valence-electron chi connectivity index (χ4n) is 2.80.